The van der Waals surface area contributed by atoms with Crippen LogP contribution in [0.3, 0.4) is 0 Å². The second kappa shape index (κ2) is 5.39. The first-order valence-corrected chi connectivity index (χ1v) is 8.18. The van der Waals surface area contributed by atoms with Crippen LogP contribution in [-0.4, -0.2) is 39.1 Å². The lowest BCUT2D eigenvalue weighted by Crippen LogP contribution is -2.30. The van der Waals surface area contributed by atoms with Gasteiger partial charge in [-0.1, -0.05) is 6.92 Å². The number of imidazole rings is 1. The van der Waals surface area contributed by atoms with Gasteiger partial charge < -0.3 is 5.32 Å². The van der Waals surface area contributed by atoms with E-state index in [1.54, 1.807) is 0 Å². The Labute approximate surface area is 125 Å². The van der Waals surface area contributed by atoms with Crippen LogP contribution < -0.4 is 5.32 Å². The number of rotatable bonds is 3. The second-order valence-electron chi connectivity index (χ2n) is 6.09. The summed E-state index contributed by atoms with van der Waals surface area (Å²) in [7, 11) is 0. The number of fused-ring (bicyclic) bond motifs is 1. The van der Waals surface area contributed by atoms with E-state index in [1.807, 2.05) is 12.3 Å². The van der Waals surface area contributed by atoms with Crippen molar-refractivity contribution in [2.75, 3.05) is 19.6 Å². The first-order chi connectivity index (χ1) is 10.4. The third-order valence-corrected chi connectivity index (χ3v) is 4.88. The largest absolute Gasteiger partial charge is 0.307 e. The molecular formula is C16H23N5. The summed E-state index contributed by atoms with van der Waals surface area (Å²) in [4.78, 5) is 12.1. The van der Waals surface area contributed by atoms with Crippen LogP contribution in [0.2, 0.25) is 0 Å². The molecule has 5 heteroatoms. The SMILES string of the molecule is CCN1CCCC1n1c(C2CCCN2)nc2cccnc21. The summed E-state index contributed by atoms with van der Waals surface area (Å²) in [6, 6.07) is 4.46. The molecule has 2 aliphatic rings. The molecule has 4 heterocycles. The minimum Gasteiger partial charge on any atom is -0.307 e. The predicted molar refractivity (Wildman–Crippen MR) is 83.0 cm³/mol. The molecule has 0 aromatic carbocycles. The normalized spacial score (nSPS) is 26.9. The van der Waals surface area contributed by atoms with Crippen LogP contribution in [0.15, 0.2) is 18.3 Å². The Kier molecular flexibility index (Phi) is 3.39. The van der Waals surface area contributed by atoms with E-state index >= 15 is 0 Å². The second-order valence-corrected chi connectivity index (χ2v) is 6.09. The average Bonchev–Trinajstić information content (AvgIpc) is 3.24. The Bertz CT molecular complexity index is 629. The molecule has 2 aromatic heterocycles. The third-order valence-electron chi connectivity index (χ3n) is 4.88. The highest BCUT2D eigenvalue weighted by molar-refractivity contribution is 5.71. The zero-order valence-corrected chi connectivity index (χ0v) is 12.6. The van der Waals surface area contributed by atoms with Crippen LogP contribution in [0.4, 0.5) is 0 Å². The number of pyridine rings is 1. The van der Waals surface area contributed by atoms with Crippen LogP contribution in [0, 0.1) is 0 Å². The number of nitrogens with zero attached hydrogens (tertiary/aromatic N) is 4. The first kappa shape index (κ1) is 13.2. The molecule has 0 aliphatic carbocycles. The van der Waals surface area contributed by atoms with Crippen molar-refractivity contribution in [1.29, 1.82) is 0 Å². The van der Waals surface area contributed by atoms with E-state index in [2.05, 4.69) is 32.8 Å². The molecule has 2 saturated heterocycles. The van der Waals surface area contributed by atoms with Gasteiger partial charge in [0.1, 0.15) is 11.3 Å². The minimum atomic E-state index is 0.388. The Morgan fingerprint density at radius 3 is 3.10 bits per heavy atom. The fourth-order valence-corrected chi connectivity index (χ4v) is 3.86. The van der Waals surface area contributed by atoms with Gasteiger partial charge in [-0.25, -0.2) is 9.97 Å². The Morgan fingerprint density at radius 2 is 2.29 bits per heavy atom. The first-order valence-electron chi connectivity index (χ1n) is 8.18. The van der Waals surface area contributed by atoms with Gasteiger partial charge in [0, 0.05) is 12.7 Å². The smallest absolute Gasteiger partial charge is 0.161 e. The number of nitrogens with one attached hydrogen (secondary N) is 1. The molecule has 0 saturated carbocycles. The zero-order valence-electron chi connectivity index (χ0n) is 12.6. The van der Waals surface area contributed by atoms with Crippen LogP contribution in [0.1, 0.15) is 50.6 Å². The van der Waals surface area contributed by atoms with Crippen molar-refractivity contribution in [3.05, 3.63) is 24.2 Å². The van der Waals surface area contributed by atoms with Gasteiger partial charge in [0.15, 0.2) is 5.65 Å². The maximum absolute atomic E-state index is 4.92. The van der Waals surface area contributed by atoms with Crippen LogP contribution in [0.25, 0.3) is 11.2 Å². The highest BCUT2D eigenvalue weighted by Gasteiger charge is 2.32. The molecule has 0 bridgehead atoms. The van der Waals surface area contributed by atoms with Crippen molar-refractivity contribution in [3.63, 3.8) is 0 Å². The molecular weight excluding hydrogens is 262 g/mol. The van der Waals surface area contributed by atoms with Crippen molar-refractivity contribution >= 4 is 11.2 Å². The van der Waals surface area contributed by atoms with E-state index in [4.69, 9.17) is 4.98 Å². The summed E-state index contributed by atoms with van der Waals surface area (Å²) in [6.45, 7) is 5.63. The van der Waals surface area contributed by atoms with E-state index in [0.717, 1.165) is 24.3 Å². The molecule has 1 N–H and O–H groups in total. The van der Waals surface area contributed by atoms with Crippen molar-refractivity contribution in [2.24, 2.45) is 0 Å². The van der Waals surface area contributed by atoms with Gasteiger partial charge >= 0.3 is 0 Å². The van der Waals surface area contributed by atoms with Crippen molar-refractivity contribution in [3.8, 4) is 0 Å². The lowest BCUT2D eigenvalue weighted by Gasteiger charge is -2.27. The van der Waals surface area contributed by atoms with Gasteiger partial charge in [-0.15, -0.1) is 0 Å². The molecule has 112 valence electrons. The standard InChI is InChI=1S/C16H23N5/c1-2-20-11-5-8-14(20)21-15-13(7-4-10-18-15)19-16(21)12-6-3-9-17-12/h4,7,10,12,14,17H,2-3,5-6,8-9,11H2,1H3. The van der Waals surface area contributed by atoms with Gasteiger partial charge in [-0.2, -0.15) is 0 Å². The Hall–Kier alpha value is -1.46. The zero-order chi connectivity index (χ0) is 14.2. The summed E-state index contributed by atoms with van der Waals surface area (Å²) in [5, 5.41) is 3.60. The van der Waals surface area contributed by atoms with E-state index < -0.39 is 0 Å². The Balaban J connectivity index is 1.85. The maximum atomic E-state index is 4.92. The molecule has 0 amide bonds. The van der Waals surface area contributed by atoms with Crippen LogP contribution in [0.5, 0.6) is 0 Å². The molecule has 2 unspecified atom stereocenters. The van der Waals surface area contributed by atoms with Crippen molar-refractivity contribution in [2.45, 2.75) is 44.8 Å². The summed E-state index contributed by atoms with van der Waals surface area (Å²) in [6.07, 6.45) is 7.20. The number of hydrogen-bond donors (Lipinski definition) is 1. The van der Waals surface area contributed by atoms with Gasteiger partial charge in [0.05, 0.1) is 12.2 Å². The highest BCUT2D eigenvalue weighted by Crippen LogP contribution is 2.34. The molecule has 0 radical (unpaired) electrons. The molecule has 2 aromatic rings. The lowest BCUT2D eigenvalue weighted by atomic mass is 10.2. The van der Waals surface area contributed by atoms with E-state index in [-0.39, 0.29) is 0 Å². The fraction of sp³-hybridized carbons (Fsp3) is 0.625. The maximum Gasteiger partial charge on any atom is 0.161 e. The number of aromatic nitrogens is 3. The molecule has 0 spiro atoms. The van der Waals surface area contributed by atoms with Gasteiger partial charge in [0.25, 0.3) is 0 Å². The summed E-state index contributed by atoms with van der Waals surface area (Å²) in [5.74, 6) is 1.19. The average molecular weight is 285 g/mol. The molecule has 2 atom stereocenters. The molecule has 5 nitrogen and oxygen atoms in total. The fourth-order valence-electron chi connectivity index (χ4n) is 3.86. The summed E-state index contributed by atoms with van der Waals surface area (Å²) < 4.78 is 2.41. The molecule has 2 fully saturated rings. The predicted octanol–water partition coefficient (Wildman–Crippen LogP) is 2.47. The minimum absolute atomic E-state index is 0.388. The number of hydrogen-bond acceptors (Lipinski definition) is 4. The molecule has 21 heavy (non-hydrogen) atoms. The Morgan fingerprint density at radius 1 is 1.33 bits per heavy atom. The summed E-state index contributed by atoms with van der Waals surface area (Å²) >= 11 is 0. The van der Waals surface area contributed by atoms with E-state index in [1.165, 1.54) is 38.1 Å². The topological polar surface area (TPSA) is 46.0 Å². The monoisotopic (exact) mass is 285 g/mol. The highest BCUT2D eigenvalue weighted by atomic mass is 15.3. The molecule has 2 aliphatic heterocycles. The van der Waals surface area contributed by atoms with E-state index in [9.17, 15) is 0 Å². The summed E-state index contributed by atoms with van der Waals surface area (Å²) in [5.41, 5.74) is 2.08. The van der Waals surface area contributed by atoms with Crippen LogP contribution in [-0.2, 0) is 0 Å². The number of likely N-dealkylation sites (tertiary alicyclic amines) is 1. The van der Waals surface area contributed by atoms with E-state index in [0.29, 0.717) is 12.2 Å². The quantitative estimate of drug-likeness (QED) is 0.941. The lowest BCUT2D eigenvalue weighted by molar-refractivity contribution is 0.200. The molecule has 4 rings (SSSR count). The van der Waals surface area contributed by atoms with Crippen molar-refractivity contribution < 1.29 is 0 Å². The van der Waals surface area contributed by atoms with Gasteiger partial charge in [0.2, 0.25) is 0 Å². The van der Waals surface area contributed by atoms with Gasteiger partial charge in [-0.3, -0.25) is 9.47 Å². The van der Waals surface area contributed by atoms with Gasteiger partial charge in [-0.05, 0) is 50.9 Å². The van der Waals surface area contributed by atoms with Crippen LogP contribution >= 0.6 is 0 Å². The third kappa shape index (κ3) is 2.15. The van der Waals surface area contributed by atoms with Crippen molar-refractivity contribution in [1.82, 2.24) is 24.8 Å².